The highest BCUT2D eigenvalue weighted by Gasteiger charge is 2.52. The van der Waals surface area contributed by atoms with Crippen LogP contribution in [0.25, 0.3) is 0 Å². The highest BCUT2D eigenvalue weighted by atomic mass is 32.2. The van der Waals surface area contributed by atoms with Crippen molar-refractivity contribution in [2.45, 2.75) is 56.7 Å². The average Bonchev–Trinajstić information content (AvgIpc) is 3.27. The van der Waals surface area contributed by atoms with E-state index in [4.69, 9.17) is 10.5 Å². The highest BCUT2D eigenvalue weighted by Crippen LogP contribution is 2.39. The van der Waals surface area contributed by atoms with Crippen LogP contribution in [0.2, 0.25) is 6.04 Å². The van der Waals surface area contributed by atoms with E-state index < -0.39 is 31.0 Å². The molecule has 0 amide bonds. The van der Waals surface area contributed by atoms with Crippen LogP contribution in [0.1, 0.15) is 43.4 Å². The number of pyridine rings is 1. The van der Waals surface area contributed by atoms with Gasteiger partial charge in [-0.2, -0.15) is 17.5 Å². The summed E-state index contributed by atoms with van der Waals surface area (Å²) in [5, 5.41) is 0. The van der Waals surface area contributed by atoms with Gasteiger partial charge in [0.05, 0.1) is 19.3 Å². The Balaban J connectivity index is 1.79. The summed E-state index contributed by atoms with van der Waals surface area (Å²) in [5.74, 6) is 0.884. The van der Waals surface area contributed by atoms with Gasteiger partial charge in [0.1, 0.15) is 5.75 Å². The van der Waals surface area contributed by atoms with Crippen molar-refractivity contribution in [3.8, 4) is 5.75 Å². The molecule has 0 spiro atoms. The molecule has 0 bridgehead atoms. The second-order valence-electron chi connectivity index (χ2n) is 9.10. The van der Waals surface area contributed by atoms with E-state index in [1.807, 2.05) is 6.07 Å². The Bertz CT molecular complexity index is 1140. The number of fused-ring (bicyclic) bond motifs is 1. The van der Waals surface area contributed by atoms with Crippen LogP contribution < -0.4 is 15.0 Å². The van der Waals surface area contributed by atoms with Crippen molar-refractivity contribution in [2.24, 2.45) is 5.92 Å². The number of benzene rings is 1. The van der Waals surface area contributed by atoms with Crippen LogP contribution in [0.4, 0.5) is 24.5 Å². The number of hydrogen-bond acceptors (Lipinski definition) is 6. The molecule has 0 unspecified atom stereocenters. The Morgan fingerprint density at radius 1 is 1.23 bits per heavy atom. The lowest BCUT2D eigenvalue weighted by atomic mass is 10.1. The van der Waals surface area contributed by atoms with Crippen molar-refractivity contribution >= 4 is 30.4 Å². The maximum atomic E-state index is 13.7. The lowest BCUT2D eigenvalue weighted by Crippen LogP contribution is -2.49. The summed E-state index contributed by atoms with van der Waals surface area (Å²) in [6, 6.07) is 9.33. The van der Waals surface area contributed by atoms with Crippen LogP contribution in [-0.2, 0) is 23.1 Å². The summed E-state index contributed by atoms with van der Waals surface area (Å²) < 4.78 is 74.4. The predicted molar refractivity (Wildman–Crippen MR) is 130 cm³/mol. The molecule has 1 radical (unpaired) electrons. The summed E-state index contributed by atoms with van der Waals surface area (Å²) in [4.78, 5) is 4.41. The van der Waals surface area contributed by atoms with Crippen molar-refractivity contribution in [3.63, 3.8) is 0 Å². The summed E-state index contributed by atoms with van der Waals surface area (Å²) >= 11 is 0. The SMILES string of the molecule is COc1cccc2c1CN(S(=O)(=O)C(F)(F)F)C[Si](CCC1CCCC1)N2Cc1cc(N)ccn1. The van der Waals surface area contributed by atoms with E-state index in [1.165, 1.54) is 7.11 Å². The third kappa shape index (κ3) is 5.59. The Hall–Kier alpha value is -2.31. The van der Waals surface area contributed by atoms with Gasteiger partial charge in [0.2, 0.25) is 0 Å². The number of halogens is 3. The Kier molecular flexibility index (Phi) is 7.62. The second-order valence-corrected chi connectivity index (χ2v) is 13.5. The quantitative estimate of drug-likeness (QED) is 0.535. The molecule has 1 aromatic heterocycles. The standard InChI is InChI=1S/C23H30F3N4O3SSi/c1-33-22-8-4-7-21-20(22)15-29(34(31,32)23(24,25)26)16-35(12-10-17-5-2-3-6-17)30(21)14-19-13-18(27)9-11-28-19/h4,7-9,11,13,17H,2-3,5-6,10,12,14-16H2,1H3,(H2,27,28). The monoisotopic (exact) mass is 527 g/mol. The molecule has 1 aromatic carbocycles. The van der Waals surface area contributed by atoms with Gasteiger partial charge in [-0.05, 0) is 36.2 Å². The number of nitrogen functional groups attached to an aromatic ring is 1. The van der Waals surface area contributed by atoms with E-state index in [1.54, 1.807) is 30.5 Å². The highest BCUT2D eigenvalue weighted by molar-refractivity contribution is 7.90. The van der Waals surface area contributed by atoms with E-state index in [0.717, 1.165) is 32.1 Å². The van der Waals surface area contributed by atoms with E-state index in [9.17, 15) is 21.6 Å². The van der Waals surface area contributed by atoms with Gasteiger partial charge in [-0.15, -0.1) is 0 Å². The number of anilines is 2. The van der Waals surface area contributed by atoms with Gasteiger partial charge in [-0.25, -0.2) is 8.42 Å². The number of alkyl halides is 3. The van der Waals surface area contributed by atoms with Gasteiger partial charge in [0.15, 0.2) is 8.96 Å². The summed E-state index contributed by atoms with van der Waals surface area (Å²) in [6.07, 6.45) is 6.84. The minimum absolute atomic E-state index is 0.181. The maximum Gasteiger partial charge on any atom is 0.511 e. The summed E-state index contributed by atoms with van der Waals surface area (Å²) in [5.41, 5.74) is 2.90. The first-order valence-electron chi connectivity index (χ1n) is 11.6. The fourth-order valence-corrected chi connectivity index (χ4v) is 9.50. The summed E-state index contributed by atoms with van der Waals surface area (Å²) in [6.45, 7) is -0.0796. The number of nitrogens with zero attached hydrogens (tertiary/aromatic N) is 3. The van der Waals surface area contributed by atoms with Crippen molar-refractivity contribution in [2.75, 3.05) is 23.6 Å². The van der Waals surface area contributed by atoms with Gasteiger partial charge in [0, 0.05) is 35.8 Å². The zero-order valence-corrected chi connectivity index (χ0v) is 21.4. The van der Waals surface area contributed by atoms with Crippen LogP contribution in [0.3, 0.4) is 0 Å². The largest absolute Gasteiger partial charge is 0.511 e. The molecule has 2 heterocycles. The van der Waals surface area contributed by atoms with E-state index in [2.05, 4.69) is 9.55 Å². The Morgan fingerprint density at radius 2 is 1.97 bits per heavy atom. The molecular formula is C23H30F3N4O3SSi. The van der Waals surface area contributed by atoms with Crippen molar-refractivity contribution in [1.82, 2.24) is 9.29 Å². The normalized spacial score (nSPS) is 18.5. The van der Waals surface area contributed by atoms with Gasteiger partial charge in [0.25, 0.3) is 0 Å². The van der Waals surface area contributed by atoms with Crippen LogP contribution in [-0.4, -0.2) is 45.5 Å². The second kappa shape index (κ2) is 10.4. The van der Waals surface area contributed by atoms with E-state index in [-0.39, 0.29) is 6.17 Å². The third-order valence-electron chi connectivity index (χ3n) is 6.80. The lowest BCUT2D eigenvalue weighted by Gasteiger charge is -2.33. The van der Waals surface area contributed by atoms with Crippen LogP contribution in [0.5, 0.6) is 5.75 Å². The molecule has 0 atom stereocenters. The molecule has 1 aliphatic carbocycles. The third-order valence-corrected chi connectivity index (χ3v) is 11.3. The van der Waals surface area contributed by atoms with Crippen LogP contribution >= 0.6 is 0 Å². The fourth-order valence-electron chi connectivity index (χ4n) is 4.99. The number of hydrogen-bond donors (Lipinski definition) is 1. The van der Waals surface area contributed by atoms with Crippen LogP contribution in [0, 0.1) is 5.92 Å². The van der Waals surface area contributed by atoms with E-state index >= 15 is 0 Å². The molecule has 12 heteroatoms. The molecular weight excluding hydrogens is 497 g/mol. The first-order valence-corrected chi connectivity index (χ1v) is 14.9. The number of sulfonamides is 1. The molecule has 2 N–H and O–H groups in total. The number of ether oxygens (including phenoxy) is 1. The number of nitrogens with two attached hydrogens (primary N) is 1. The minimum Gasteiger partial charge on any atom is -0.496 e. The minimum atomic E-state index is -5.52. The molecule has 2 aromatic rings. The average molecular weight is 528 g/mol. The summed E-state index contributed by atoms with van der Waals surface area (Å²) in [7, 11) is -5.90. The predicted octanol–water partition coefficient (Wildman–Crippen LogP) is 4.46. The van der Waals surface area contributed by atoms with Crippen molar-refractivity contribution in [3.05, 3.63) is 47.8 Å². The molecule has 35 heavy (non-hydrogen) atoms. The number of rotatable bonds is 7. The first-order chi connectivity index (χ1) is 16.6. The molecule has 1 fully saturated rings. The molecule has 2 aliphatic rings. The molecule has 7 nitrogen and oxygen atoms in total. The molecule has 1 saturated carbocycles. The Labute approximate surface area is 205 Å². The topological polar surface area (TPSA) is 88.8 Å². The van der Waals surface area contributed by atoms with E-state index in [0.29, 0.717) is 51.2 Å². The smallest absolute Gasteiger partial charge is 0.496 e. The zero-order valence-electron chi connectivity index (χ0n) is 19.6. The molecule has 4 rings (SSSR count). The van der Waals surface area contributed by atoms with Gasteiger partial charge >= 0.3 is 15.5 Å². The number of aromatic nitrogens is 1. The number of methoxy groups -OCH3 is 1. The first kappa shape index (κ1) is 25.8. The van der Waals surface area contributed by atoms with Crippen molar-refractivity contribution in [1.29, 1.82) is 0 Å². The maximum absolute atomic E-state index is 13.7. The van der Waals surface area contributed by atoms with Gasteiger partial charge < -0.3 is 15.0 Å². The molecule has 0 saturated heterocycles. The van der Waals surface area contributed by atoms with Gasteiger partial charge in [-0.3, -0.25) is 4.98 Å². The lowest BCUT2D eigenvalue weighted by molar-refractivity contribution is -0.0487. The zero-order chi connectivity index (χ0) is 25.2. The van der Waals surface area contributed by atoms with Crippen molar-refractivity contribution < 1.29 is 26.3 Å². The molecule has 191 valence electrons. The fraction of sp³-hybridized carbons (Fsp3) is 0.522. The van der Waals surface area contributed by atoms with Crippen LogP contribution in [0.15, 0.2) is 36.5 Å². The molecule has 1 aliphatic heterocycles. The Morgan fingerprint density at radius 3 is 2.63 bits per heavy atom. The van der Waals surface area contributed by atoms with Gasteiger partial charge in [-0.1, -0.05) is 38.2 Å².